The van der Waals surface area contributed by atoms with E-state index in [1.165, 1.54) is 12.1 Å². The lowest BCUT2D eigenvalue weighted by molar-refractivity contribution is -0.385. The minimum Gasteiger partial charge on any atom is -0.350 e. The van der Waals surface area contributed by atoms with Crippen LogP contribution < -0.4 is 0 Å². The average Bonchev–Trinajstić information content (AvgIpc) is 2.69. The number of aromatic nitrogens is 1. The first-order chi connectivity index (χ1) is 7.65. The van der Waals surface area contributed by atoms with E-state index in [0.717, 1.165) is 6.07 Å². The predicted molar refractivity (Wildman–Crippen MR) is 56.6 cm³/mol. The third kappa shape index (κ3) is 2.25. The lowest BCUT2D eigenvalue weighted by Gasteiger charge is -2.03. The van der Waals surface area contributed by atoms with Crippen LogP contribution in [0.2, 0.25) is 0 Å². The molecule has 0 aliphatic rings. The predicted octanol–water partition coefficient (Wildman–Crippen LogP) is 2.58. The molecule has 0 spiro atoms. The van der Waals surface area contributed by atoms with Crippen LogP contribution in [0.3, 0.4) is 0 Å². The Bertz CT molecular complexity index is 509. The Morgan fingerprint density at radius 1 is 1.25 bits per heavy atom. The number of hydrogen-bond donors (Lipinski definition) is 0. The van der Waals surface area contributed by atoms with Crippen molar-refractivity contribution in [2.24, 2.45) is 0 Å². The van der Waals surface area contributed by atoms with Gasteiger partial charge in [0, 0.05) is 25.0 Å². The Kier molecular flexibility index (Phi) is 2.68. The van der Waals surface area contributed by atoms with Crippen molar-refractivity contribution in [3.05, 3.63) is 64.2 Å². The van der Waals surface area contributed by atoms with E-state index in [4.69, 9.17) is 0 Å². The fourth-order valence-electron chi connectivity index (χ4n) is 1.52. The lowest BCUT2D eigenvalue weighted by atomic mass is 10.2. The molecule has 0 saturated carbocycles. The molecule has 5 heteroatoms. The normalized spacial score (nSPS) is 10.3. The van der Waals surface area contributed by atoms with E-state index in [0.29, 0.717) is 12.1 Å². The number of nitro groups is 1. The Balaban J connectivity index is 2.31. The minimum absolute atomic E-state index is 0.220. The van der Waals surface area contributed by atoms with Gasteiger partial charge in [0.1, 0.15) is 5.82 Å². The molecule has 1 aromatic heterocycles. The molecule has 0 saturated heterocycles. The van der Waals surface area contributed by atoms with Gasteiger partial charge in [-0.3, -0.25) is 10.1 Å². The fraction of sp³-hybridized carbons (Fsp3) is 0.0909. The molecule has 0 aliphatic heterocycles. The van der Waals surface area contributed by atoms with Crippen LogP contribution in [0, 0.1) is 15.9 Å². The summed E-state index contributed by atoms with van der Waals surface area (Å²) in [5, 5.41) is 10.5. The number of nitrogens with zero attached hydrogens (tertiary/aromatic N) is 2. The number of halogens is 1. The Morgan fingerprint density at radius 2 is 1.94 bits per heavy atom. The van der Waals surface area contributed by atoms with E-state index >= 15 is 0 Å². The van der Waals surface area contributed by atoms with Gasteiger partial charge in [-0.2, -0.15) is 0 Å². The highest BCUT2D eigenvalue weighted by atomic mass is 19.1. The molecule has 16 heavy (non-hydrogen) atoms. The van der Waals surface area contributed by atoms with E-state index < -0.39 is 10.7 Å². The molecule has 0 radical (unpaired) electrons. The Labute approximate surface area is 91.1 Å². The summed E-state index contributed by atoms with van der Waals surface area (Å²) in [4.78, 5) is 9.94. The number of nitro benzene ring substituents is 1. The zero-order chi connectivity index (χ0) is 11.5. The maximum atomic E-state index is 13.1. The van der Waals surface area contributed by atoms with Crippen molar-refractivity contribution < 1.29 is 9.31 Å². The van der Waals surface area contributed by atoms with E-state index in [-0.39, 0.29) is 5.69 Å². The molecule has 0 aliphatic carbocycles. The van der Waals surface area contributed by atoms with E-state index in [1.807, 2.05) is 29.1 Å². The van der Waals surface area contributed by atoms with Crippen molar-refractivity contribution in [3.8, 4) is 0 Å². The quantitative estimate of drug-likeness (QED) is 0.589. The largest absolute Gasteiger partial charge is 0.350 e. The van der Waals surface area contributed by atoms with Crippen LogP contribution in [0.4, 0.5) is 10.1 Å². The van der Waals surface area contributed by atoms with Crippen molar-refractivity contribution in [1.82, 2.24) is 4.57 Å². The van der Waals surface area contributed by atoms with Gasteiger partial charge in [0.25, 0.3) is 5.69 Å². The molecule has 0 unspecified atom stereocenters. The summed E-state index contributed by atoms with van der Waals surface area (Å²) in [5.41, 5.74) is 0.352. The number of benzene rings is 1. The minimum atomic E-state index is -0.595. The van der Waals surface area contributed by atoms with Gasteiger partial charge >= 0.3 is 0 Å². The number of non-ortho nitro benzene ring substituents is 1. The molecular formula is C11H9FN2O2. The summed E-state index contributed by atoms with van der Waals surface area (Å²) >= 11 is 0. The zero-order valence-electron chi connectivity index (χ0n) is 8.34. The van der Waals surface area contributed by atoms with Crippen molar-refractivity contribution in [2.75, 3.05) is 0 Å². The van der Waals surface area contributed by atoms with Gasteiger partial charge < -0.3 is 4.57 Å². The number of rotatable bonds is 3. The van der Waals surface area contributed by atoms with Gasteiger partial charge in [-0.05, 0) is 23.8 Å². The molecule has 2 rings (SSSR count). The molecule has 0 fully saturated rings. The summed E-state index contributed by atoms with van der Waals surface area (Å²) in [7, 11) is 0. The topological polar surface area (TPSA) is 48.1 Å². The highest BCUT2D eigenvalue weighted by Gasteiger charge is 2.09. The van der Waals surface area contributed by atoms with Crippen LogP contribution in [0.5, 0.6) is 0 Å². The summed E-state index contributed by atoms with van der Waals surface area (Å²) in [5.74, 6) is -0.587. The molecule has 0 atom stereocenters. The van der Waals surface area contributed by atoms with Crippen molar-refractivity contribution >= 4 is 5.69 Å². The second-order valence-electron chi connectivity index (χ2n) is 3.43. The van der Waals surface area contributed by atoms with Crippen molar-refractivity contribution in [2.45, 2.75) is 6.54 Å². The SMILES string of the molecule is O=[N+]([O-])c1cc(F)cc(Cn2cccc2)c1. The second kappa shape index (κ2) is 4.14. The van der Waals surface area contributed by atoms with Gasteiger partial charge in [-0.25, -0.2) is 4.39 Å². The van der Waals surface area contributed by atoms with Crippen LogP contribution >= 0.6 is 0 Å². The van der Waals surface area contributed by atoms with Gasteiger partial charge in [0.05, 0.1) is 11.0 Å². The van der Waals surface area contributed by atoms with Crippen molar-refractivity contribution in [1.29, 1.82) is 0 Å². The van der Waals surface area contributed by atoms with Gasteiger partial charge in [-0.1, -0.05) is 0 Å². The second-order valence-corrected chi connectivity index (χ2v) is 3.43. The van der Waals surface area contributed by atoms with Gasteiger partial charge in [0.2, 0.25) is 0 Å². The van der Waals surface area contributed by atoms with Crippen LogP contribution in [0.1, 0.15) is 5.56 Å². The van der Waals surface area contributed by atoms with Crippen LogP contribution in [0.25, 0.3) is 0 Å². The maximum Gasteiger partial charge on any atom is 0.272 e. The van der Waals surface area contributed by atoms with Crippen molar-refractivity contribution in [3.63, 3.8) is 0 Å². The maximum absolute atomic E-state index is 13.1. The van der Waals surface area contributed by atoms with E-state index in [2.05, 4.69) is 0 Å². The van der Waals surface area contributed by atoms with Gasteiger partial charge in [-0.15, -0.1) is 0 Å². The highest BCUT2D eigenvalue weighted by molar-refractivity contribution is 5.35. The highest BCUT2D eigenvalue weighted by Crippen LogP contribution is 2.17. The number of hydrogen-bond acceptors (Lipinski definition) is 2. The molecule has 1 aromatic carbocycles. The monoisotopic (exact) mass is 220 g/mol. The lowest BCUT2D eigenvalue weighted by Crippen LogP contribution is -1.98. The first-order valence-corrected chi connectivity index (χ1v) is 4.70. The third-order valence-electron chi connectivity index (χ3n) is 2.18. The Hall–Kier alpha value is -2.17. The third-order valence-corrected chi connectivity index (χ3v) is 2.18. The first kappa shape index (κ1) is 10.4. The van der Waals surface area contributed by atoms with Crippen LogP contribution in [-0.4, -0.2) is 9.49 Å². The van der Waals surface area contributed by atoms with E-state index in [1.54, 1.807) is 0 Å². The summed E-state index contributed by atoms with van der Waals surface area (Å²) < 4.78 is 14.9. The fourth-order valence-corrected chi connectivity index (χ4v) is 1.52. The molecule has 2 aromatic rings. The van der Waals surface area contributed by atoms with Crippen LogP contribution in [0.15, 0.2) is 42.7 Å². The first-order valence-electron chi connectivity index (χ1n) is 4.70. The molecule has 0 bridgehead atoms. The molecule has 4 nitrogen and oxygen atoms in total. The molecule has 82 valence electrons. The summed E-state index contributed by atoms with van der Waals surface area (Å²) in [6.07, 6.45) is 3.63. The van der Waals surface area contributed by atoms with Gasteiger partial charge in [0.15, 0.2) is 0 Å². The van der Waals surface area contributed by atoms with E-state index in [9.17, 15) is 14.5 Å². The summed E-state index contributed by atoms with van der Waals surface area (Å²) in [6, 6.07) is 7.27. The molecular weight excluding hydrogens is 211 g/mol. The molecule has 1 heterocycles. The standard InChI is InChI=1S/C11H9FN2O2/c12-10-5-9(6-11(7-10)14(15)16)8-13-3-1-2-4-13/h1-7H,8H2. The smallest absolute Gasteiger partial charge is 0.272 e. The molecule has 0 amide bonds. The zero-order valence-corrected chi connectivity index (χ0v) is 8.34. The molecule has 0 N–H and O–H groups in total. The van der Waals surface area contributed by atoms with Crippen LogP contribution in [-0.2, 0) is 6.54 Å². The summed E-state index contributed by atoms with van der Waals surface area (Å²) in [6.45, 7) is 0.422. The average molecular weight is 220 g/mol. The Morgan fingerprint density at radius 3 is 2.56 bits per heavy atom.